The largest absolute Gasteiger partial charge is 0.508 e. The van der Waals surface area contributed by atoms with Gasteiger partial charge in [-0.05, 0) is 30.4 Å². The zero-order chi connectivity index (χ0) is 13.5. The quantitative estimate of drug-likeness (QED) is 0.663. The number of hydrogen-bond donors (Lipinski definition) is 1. The lowest BCUT2D eigenvalue weighted by molar-refractivity contribution is -0.135. The van der Waals surface area contributed by atoms with E-state index in [0.717, 1.165) is 30.2 Å². The van der Waals surface area contributed by atoms with Crippen molar-refractivity contribution in [2.45, 2.75) is 17.7 Å². The molecule has 19 heavy (non-hydrogen) atoms. The summed E-state index contributed by atoms with van der Waals surface area (Å²) in [6.45, 7) is 2.75. The second-order valence-corrected chi connectivity index (χ2v) is 5.61. The van der Waals surface area contributed by atoms with Crippen LogP contribution in [0.4, 0.5) is 0 Å². The molecule has 5 heteroatoms. The number of phenols is 1. The van der Waals surface area contributed by atoms with E-state index in [1.807, 2.05) is 17.0 Å². The van der Waals surface area contributed by atoms with Crippen LogP contribution in [0.2, 0.25) is 0 Å². The van der Waals surface area contributed by atoms with E-state index < -0.39 is 0 Å². The zero-order valence-corrected chi connectivity index (χ0v) is 11.7. The molecule has 1 aromatic rings. The number of carbonyl (C=O) groups is 1. The molecule has 1 aliphatic rings. The van der Waals surface area contributed by atoms with Crippen molar-refractivity contribution >= 4 is 17.7 Å². The van der Waals surface area contributed by atoms with E-state index in [2.05, 4.69) is 0 Å². The van der Waals surface area contributed by atoms with Gasteiger partial charge in [0.1, 0.15) is 5.75 Å². The first-order valence-corrected chi connectivity index (χ1v) is 7.51. The average Bonchev–Trinajstić information content (AvgIpc) is 2.44. The Morgan fingerprint density at radius 2 is 2.16 bits per heavy atom. The van der Waals surface area contributed by atoms with E-state index in [4.69, 9.17) is 4.74 Å². The molecule has 0 aliphatic carbocycles. The van der Waals surface area contributed by atoms with E-state index in [1.165, 1.54) is 0 Å². The summed E-state index contributed by atoms with van der Waals surface area (Å²) in [4.78, 5) is 14.8. The van der Waals surface area contributed by atoms with Gasteiger partial charge >= 0.3 is 0 Å². The number of thioether (sulfide) groups is 1. The number of amides is 1. The molecule has 1 N–H and O–H groups in total. The lowest BCUT2D eigenvalue weighted by atomic mass is 10.3. The molecule has 0 unspecified atom stereocenters. The molecule has 0 atom stereocenters. The molecule has 1 saturated heterocycles. The minimum absolute atomic E-state index is 0.222. The molecule has 4 nitrogen and oxygen atoms in total. The normalized spacial score (nSPS) is 15.5. The van der Waals surface area contributed by atoms with Crippen molar-refractivity contribution in [3.05, 3.63) is 24.3 Å². The van der Waals surface area contributed by atoms with E-state index in [0.29, 0.717) is 19.6 Å². The highest BCUT2D eigenvalue weighted by Gasteiger charge is 2.15. The Bertz CT molecular complexity index is 419. The fourth-order valence-corrected chi connectivity index (χ4v) is 2.86. The summed E-state index contributed by atoms with van der Waals surface area (Å²) < 4.78 is 5.22. The van der Waals surface area contributed by atoms with Gasteiger partial charge in [-0.3, -0.25) is 4.79 Å². The van der Waals surface area contributed by atoms with Gasteiger partial charge < -0.3 is 14.7 Å². The summed E-state index contributed by atoms with van der Waals surface area (Å²) in [6.07, 6.45) is 1.45. The number of aromatic hydroxyl groups is 1. The van der Waals surface area contributed by atoms with Crippen LogP contribution in [0.15, 0.2) is 29.2 Å². The van der Waals surface area contributed by atoms with Gasteiger partial charge in [0.25, 0.3) is 0 Å². The molecule has 2 rings (SSSR count). The van der Waals surface area contributed by atoms with Crippen LogP contribution in [0, 0.1) is 0 Å². The molecule has 0 saturated carbocycles. The third-order valence-electron chi connectivity index (χ3n) is 2.99. The second-order valence-electron chi connectivity index (χ2n) is 4.44. The molecule has 1 fully saturated rings. The van der Waals surface area contributed by atoms with Crippen molar-refractivity contribution in [2.75, 3.05) is 32.1 Å². The van der Waals surface area contributed by atoms with Crippen molar-refractivity contribution in [3.8, 4) is 5.75 Å². The Hall–Kier alpha value is -1.20. The first kappa shape index (κ1) is 14.2. The maximum absolute atomic E-state index is 11.9. The predicted octanol–water partition coefficient (Wildman–Crippen LogP) is 2.12. The molecule has 0 aromatic heterocycles. The molecular weight excluding hydrogens is 262 g/mol. The first-order chi connectivity index (χ1) is 9.25. The standard InChI is InChI=1S/C14H19NO3S/c16-12-3-1-4-13(11-12)19-10-2-5-14(17)15-6-8-18-9-7-15/h1,3-4,11,16H,2,5-10H2. The lowest BCUT2D eigenvalue weighted by Crippen LogP contribution is -2.40. The van der Waals surface area contributed by atoms with Gasteiger partial charge in [-0.25, -0.2) is 0 Å². The summed E-state index contributed by atoms with van der Waals surface area (Å²) in [5, 5.41) is 9.34. The van der Waals surface area contributed by atoms with Crippen LogP contribution in [0.3, 0.4) is 0 Å². The number of ether oxygens (including phenoxy) is 1. The third-order valence-corrected chi connectivity index (χ3v) is 4.07. The minimum atomic E-state index is 0.222. The Morgan fingerprint density at radius 1 is 1.37 bits per heavy atom. The van der Waals surface area contributed by atoms with Crippen molar-refractivity contribution in [3.63, 3.8) is 0 Å². The number of benzene rings is 1. The third kappa shape index (κ3) is 4.76. The van der Waals surface area contributed by atoms with Crippen LogP contribution in [-0.2, 0) is 9.53 Å². The van der Waals surface area contributed by atoms with Gasteiger partial charge in [-0.15, -0.1) is 11.8 Å². The predicted molar refractivity (Wildman–Crippen MR) is 75.5 cm³/mol. The van der Waals surface area contributed by atoms with E-state index in [-0.39, 0.29) is 11.7 Å². The van der Waals surface area contributed by atoms with Gasteiger partial charge in [-0.2, -0.15) is 0 Å². The number of phenolic OH excluding ortho intramolecular Hbond substituents is 1. The molecule has 1 aliphatic heterocycles. The second kappa shape index (κ2) is 7.40. The highest BCUT2D eigenvalue weighted by molar-refractivity contribution is 7.99. The van der Waals surface area contributed by atoms with Crippen LogP contribution in [0.1, 0.15) is 12.8 Å². The molecular formula is C14H19NO3S. The SMILES string of the molecule is O=C(CCCSc1cccc(O)c1)N1CCOCC1. The molecule has 1 heterocycles. The van der Waals surface area contributed by atoms with Gasteiger partial charge in [0, 0.05) is 24.4 Å². The van der Waals surface area contributed by atoms with E-state index >= 15 is 0 Å². The number of hydrogen-bond acceptors (Lipinski definition) is 4. The number of carbonyl (C=O) groups excluding carboxylic acids is 1. The maximum atomic E-state index is 11.9. The van der Waals surface area contributed by atoms with Crippen LogP contribution in [0.5, 0.6) is 5.75 Å². The maximum Gasteiger partial charge on any atom is 0.222 e. The summed E-state index contributed by atoms with van der Waals surface area (Å²) in [7, 11) is 0. The Morgan fingerprint density at radius 3 is 2.89 bits per heavy atom. The average molecular weight is 281 g/mol. The summed E-state index contributed by atoms with van der Waals surface area (Å²) in [6, 6.07) is 7.20. The highest BCUT2D eigenvalue weighted by Crippen LogP contribution is 2.23. The van der Waals surface area contributed by atoms with Gasteiger partial charge in [0.2, 0.25) is 5.91 Å². The van der Waals surface area contributed by atoms with E-state index in [1.54, 1.807) is 23.9 Å². The smallest absolute Gasteiger partial charge is 0.222 e. The summed E-state index contributed by atoms with van der Waals surface area (Å²) in [5.74, 6) is 1.40. The summed E-state index contributed by atoms with van der Waals surface area (Å²) in [5.41, 5.74) is 0. The topological polar surface area (TPSA) is 49.8 Å². The van der Waals surface area contributed by atoms with Gasteiger partial charge in [0.15, 0.2) is 0 Å². The fraction of sp³-hybridized carbons (Fsp3) is 0.500. The van der Waals surface area contributed by atoms with E-state index in [9.17, 15) is 9.90 Å². The molecule has 0 spiro atoms. The number of rotatable bonds is 5. The molecule has 0 bridgehead atoms. The molecule has 1 aromatic carbocycles. The van der Waals surface area contributed by atoms with Crippen LogP contribution in [-0.4, -0.2) is 48.0 Å². The fourth-order valence-electron chi connectivity index (χ4n) is 1.96. The molecule has 1 amide bonds. The first-order valence-electron chi connectivity index (χ1n) is 6.53. The van der Waals surface area contributed by atoms with Crippen LogP contribution in [0.25, 0.3) is 0 Å². The number of nitrogens with zero attached hydrogens (tertiary/aromatic N) is 1. The Balaban J connectivity index is 1.65. The zero-order valence-electron chi connectivity index (χ0n) is 10.9. The van der Waals surface area contributed by atoms with Gasteiger partial charge in [0.05, 0.1) is 13.2 Å². The van der Waals surface area contributed by atoms with Crippen molar-refractivity contribution in [1.29, 1.82) is 0 Å². The van der Waals surface area contributed by atoms with Crippen molar-refractivity contribution in [1.82, 2.24) is 4.90 Å². The minimum Gasteiger partial charge on any atom is -0.508 e. The Kier molecular flexibility index (Phi) is 5.54. The Labute approximate surface area is 117 Å². The molecule has 0 radical (unpaired) electrons. The van der Waals surface area contributed by atoms with Crippen molar-refractivity contribution < 1.29 is 14.6 Å². The van der Waals surface area contributed by atoms with Gasteiger partial charge in [-0.1, -0.05) is 6.07 Å². The molecule has 104 valence electrons. The van der Waals surface area contributed by atoms with Crippen LogP contribution < -0.4 is 0 Å². The highest BCUT2D eigenvalue weighted by atomic mass is 32.2. The lowest BCUT2D eigenvalue weighted by Gasteiger charge is -2.26. The monoisotopic (exact) mass is 281 g/mol. The number of morpholine rings is 1. The summed E-state index contributed by atoms with van der Waals surface area (Å²) >= 11 is 1.67. The van der Waals surface area contributed by atoms with Crippen molar-refractivity contribution in [2.24, 2.45) is 0 Å². The van der Waals surface area contributed by atoms with Crippen LogP contribution >= 0.6 is 11.8 Å².